The third-order valence-corrected chi connectivity index (χ3v) is 4.11. The van der Waals surface area contributed by atoms with Crippen molar-refractivity contribution in [3.63, 3.8) is 0 Å². The Bertz CT molecular complexity index is 310. The van der Waals surface area contributed by atoms with Crippen LogP contribution in [0.1, 0.15) is 19.8 Å². The highest BCUT2D eigenvalue weighted by atomic mass is 16.5. The molecular formula is C14H25N3O2. The average molecular weight is 267 g/mol. The molecule has 0 radical (unpaired) electrons. The number of piperidine rings is 1. The number of likely N-dealkylation sites (tertiary alicyclic amines) is 1. The molecule has 19 heavy (non-hydrogen) atoms. The van der Waals surface area contributed by atoms with Gasteiger partial charge in [-0.25, -0.2) is 0 Å². The summed E-state index contributed by atoms with van der Waals surface area (Å²) in [5.74, 6) is 0.823. The Morgan fingerprint density at radius 3 is 2.63 bits per heavy atom. The van der Waals surface area contributed by atoms with Gasteiger partial charge in [0.2, 0.25) is 0 Å². The molecule has 2 heterocycles. The normalized spacial score (nSPS) is 29.0. The minimum Gasteiger partial charge on any atom is -0.390 e. The standard InChI is InChI=1S/C14H25N3O2/c1-12-2-4-16(5-3-12)9-13(18)10-17-6-7-19-14(8-15)11-17/h12-14,18H,2-7,9-11H2,1H3. The van der Waals surface area contributed by atoms with Gasteiger partial charge < -0.3 is 14.7 Å². The number of hydrogen-bond acceptors (Lipinski definition) is 5. The van der Waals surface area contributed by atoms with Crippen LogP contribution in [0, 0.1) is 17.2 Å². The fourth-order valence-corrected chi connectivity index (χ4v) is 2.84. The van der Waals surface area contributed by atoms with Crippen molar-refractivity contribution in [1.82, 2.24) is 9.80 Å². The maximum Gasteiger partial charge on any atom is 0.156 e. The molecule has 2 aliphatic heterocycles. The Hall–Kier alpha value is -0.670. The van der Waals surface area contributed by atoms with Crippen molar-refractivity contribution < 1.29 is 9.84 Å². The van der Waals surface area contributed by atoms with E-state index in [1.165, 1.54) is 12.8 Å². The molecule has 1 N–H and O–H groups in total. The molecule has 2 aliphatic rings. The molecule has 0 aromatic carbocycles. The molecule has 0 bridgehead atoms. The first-order chi connectivity index (χ1) is 9.17. The van der Waals surface area contributed by atoms with Crippen LogP contribution in [0.5, 0.6) is 0 Å². The fraction of sp³-hybridized carbons (Fsp3) is 0.929. The van der Waals surface area contributed by atoms with E-state index in [1.807, 2.05) is 0 Å². The highest BCUT2D eigenvalue weighted by molar-refractivity contribution is 4.89. The molecule has 0 aromatic rings. The molecule has 0 saturated carbocycles. The summed E-state index contributed by atoms with van der Waals surface area (Å²) in [4.78, 5) is 4.49. The van der Waals surface area contributed by atoms with Gasteiger partial charge in [-0.3, -0.25) is 4.90 Å². The number of nitriles is 1. The van der Waals surface area contributed by atoms with Gasteiger partial charge in [0, 0.05) is 26.2 Å². The molecule has 0 spiro atoms. The van der Waals surface area contributed by atoms with Gasteiger partial charge in [-0.1, -0.05) is 6.92 Å². The van der Waals surface area contributed by atoms with Gasteiger partial charge in [0.05, 0.1) is 18.8 Å². The average Bonchev–Trinajstić information content (AvgIpc) is 2.41. The summed E-state index contributed by atoms with van der Waals surface area (Å²) < 4.78 is 5.31. The summed E-state index contributed by atoms with van der Waals surface area (Å²) >= 11 is 0. The predicted molar refractivity (Wildman–Crippen MR) is 72.6 cm³/mol. The topological polar surface area (TPSA) is 59.7 Å². The second kappa shape index (κ2) is 7.20. The second-order valence-corrected chi connectivity index (χ2v) is 5.89. The first kappa shape index (κ1) is 14.7. The molecule has 0 amide bonds. The first-order valence-corrected chi connectivity index (χ1v) is 7.31. The van der Waals surface area contributed by atoms with Crippen molar-refractivity contribution in [1.29, 1.82) is 5.26 Å². The van der Waals surface area contributed by atoms with Crippen LogP contribution in [0.2, 0.25) is 0 Å². The van der Waals surface area contributed by atoms with E-state index >= 15 is 0 Å². The van der Waals surface area contributed by atoms with Gasteiger partial charge in [-0.05, 0) is 31.8 Å². The van der Waals surface area contributed by atoms with Gasteiger partial charge in [0.25, 0.3) is 0 Å². The van der Waals surface area contributed by atoms with Gasteiger partial charge >= 0.3 is 0 Å². The lowest BCUT2D eigenvalue weighted by Gasteiger charge is -2.35. The smallest absolute Gasteiger partial charge is 0.156 e. The third-order valence-electron chi connectivity index (χ3n) is 4.11. The summed E-state index contributed by atoms with van der Waals surface area (Å²) in [5, 5.41) is 19.0. The maximum absolute atomic E-state index is 10.2. The summed E-state index contributed by atoms with van der Waals surface area (Å²) in [6, 6.07) is 2.14. The van der Waals surface area contributed by atoms with E-state index < -0.39 is 0 Å². The lowest BCUT2D eigenvalue weighted by molar-refractivity contribution is -0.0213. The van der Waals surface area contributed by atoms with E-state index in [9.17, 15) is 5.11 Å². The Morgan fingerprint density at radius 2 is 1.95 bits per heavy atom. The number of β-amino-alcohol motifs (C(OH)–C–C–N with tert-alkyl or cyclic N) is 1. The number of aliphatic hydroxyl groups is 1. The van der Waals surface area contributed by atoms with Gasteiger partial charge in [0.15, 0.2) is 6.10 Å². The Morgan fingerprint density at radius 1 is 1.26 bits per heavy atom. The van der Waals surface area contributed by atoms with Crippen molar-refractivity contribution in [3.8, 4) is 6.07 Å². The van der Waals surface area contributed by atoms with Crippen LogP contribution in [0.15, 0.2) is 0 Å². The number of aliphatic hydroxyl groups excluding tert-OH is 1. The van der Waals surface area contributed by atoms with Crippen LogP contribution in [-0.2, 0) is 4.74 Å². The minimum atomic E-state index is -0.336. The Labute approximate surface area is 115 Å². The highest BCUT2D eigenvalue weighted by Crippen LogP contribution is 2.16. The van der Waals surface area contributed by atoms with Crippen molar-refractivity contribution in [2.24, 2.45) is 5.92 Å². The van der Waals surface area contributed by atoms with Gasteiger partial charge in [0.1, 0.15) is 0 Å². The molecule has 2 unspecified atom stereocenters. The van der Waals surface area contributed by atoms with E-state index in [-0.39, 0.29) is 12.2 Å². The zero-order valence-electron chi connectivity index (χ0n) is 11.8. The molecule has 108 valence electrons. The SMILES string of the molecule is CC1CCN(CC(O)CN2CCOC(C#N)C2)CC1. The van der Waals surface area contributed by atoms with Gasteiger partial charge in [-0.2, -0.15) is 5.26 Å². The van der Waals surface area contributed by atoms with E-state index in [4.69, 9.17) is 10.00 Å². The van der Waals surface area contributed by atoms with Crippen LogP contribution in [-0.4, -0.2) is 73.0 Å². The molecule has 2 rings (SSSR count). The van der Waals surface area contributed by atoms with Crippen LogP contribution in [0.3, 0.4) is 0 Å². The van der Waals surface area contributed by atoms with Crippen LogP contribution < -0.4 is 0 Å². The number of rotatable bonds is 4. The quantitative estimate of drug-likeness (QED) is 0.794. The summed E-state index contributed by atoms with van der Waals surface area (Å²) in [6.45, 7) is 7.91. The van der Waals surface area contributed by atoms with E-state index in [1.54, 1.807) is 0 Å². The zero-order chi connectivity index (χ0) is 13.7. The van der Waals surface area contributed by atoms with Crippen molar-refractivity contribution >= 4 is 0 Å². The van der Waals surface area contributed by atoms with Crippen LogP contribution >= 0.6 is 0 Å². The minimum absolute atomic E-state index is 0.328. The number of nitrogens with zero attached hydrogens (tertiary/aromatic N) is 3. The molecule has 0 aliphatic carbocycles. The largest absolute Gasteiger partial charge is 0.390 e. The second-order valence-electron chi connectivity index (χ2n) is 5.89. The Kier molecular flexibility index (Phi) is 5.59. The molecular weight excluding hydrogens is 242 g/mol. The van der Waals surface area contributed by atoms with E-state index in [0.717, 1.165) is 32.1 Å². The number of hydrogen-bond donors (Lipinski definition) is 1. The molecule has 2 atom stereocenters. The molecule has 5 heteroatoms. The maximum atomic E-state index is 10.2. The lowest BCUT2D eigenvalue weighted by Crippen LogP contribution is -2.48. The molecule has 2 fully saturated rings. The lowest BCUT2D eigenvalue weighted by atomic mass is 9.99. The number of morpholine rings is 1. The van der Waals surface area contributed by atoms with Crippen molar-refractivity contribution in [2.45, 2.75) is 32.0 Å². The zero-order valence-corrected chi connectivity index (χ0v) is 11.8. The van der Waals surface area contributed by atoms with Crippen molar-refractivity contribution in [2.75, 3.05) is 45.9 Å². The summed E-state index contributed by atoms with van der Waals surface area (Å²) in [5.41, 5.74) is 0. The predicted octanol–water partition coefficient (Wildman–Crippen LogP) is 0.304. The van der Waals surface area contributed by atoms with Crippen molar-refractivity contribution in [3.05, 3.63) is 0 Å². The molecule has 0 aromatic heterocycles. The Balaban J connectivity index is 1.69. The summed E-state index contributed by atoms with van der Waals surface area (Å²) in [6.07, 6.45) is 1.81. The van der Waals surface area contributed by atoms with Gasteiger partial charge in [-0.15, -0.1) is 0 Å². The van der Waals surface area contributed by atoms with Crippen LogP contribution in [0.4, 0.5) is 0 Å². The van der Waals surface area contributed by atoms with E-state index in [0.29, 0.717) is 19.7 Å². The monoisotopic (exact) mass is 267 g/mol. The number of ether oxygens (including phenoxy) is 1. The molecule has 2 saturated heterocycles. The fourth-order valence-electron chi connectivity index (χ4n) is 2.84. The first-order valence-electron chi connectivity index (χ1n) is 7.31. The summed E-state index contributed by atoms with van der Waals surface area (Å²) in [7, 11) is 0. The third kappa shape index (κ3) is 4.73. The highest BCUT2D eigenvalue weighted by Gasteiger charge is 2.23. The van der Waals surface area contributed by atoms with E-state index in [2.05, 4.69) is 22.8 Å². The van der Waals surface area contributed by atoms with Crippen LogP contribution in [0.25, 0.3) is 0 Å². The molecule has 5 nitrogen and oxygen atoms in total.